The van der Waals surface area contributed by atoms with Gasteiger partial charge in [0, 0.05) is 0 Å². The molecule has 5 heavy (non-hydrogen) atoms. The van der Waals surface area contributed by atoms with Crippen molar-refractivity contribution in [1.82, 2.24) is 0 Å². The molecule has 0 aromatic carbocycles. The maximum Gasteiger partial charge on any atom is 0 e. The molecule has 0 N–H and O–H groups in total. The van der Waals surface area contributed by atoms with E-state index in [1.54, 1.807) is 0 Å². The molecule has 0 spiro atoms. The zero-order valence-corrected chi connectivity index (χ0v) is 9.77. The standard InChI is InChI=1S/C3H6F.Rf/c1-3(2)4;/h3H,1H2,2H3;/q-1;. The molecule has 0 rings (SSSR count). The van der Waals surface area contributed by atoms with E-state index in [0.29, 0.717) is 0 Å². The minimum atomic E-state index is -0.917. The van der Waals surface area contributed by atoms with E-state index in [9.17, 15) is 4.39 Å². The van der Waals surface area contributed by atoms with E-state index in [-0.39, 0.29) is 0 Å². The average molecular weight is 328 g/mol. The van der Waals surface area contributed by atoms with E-state index in [0.717, 1.165) is 0 Å². The Labute approximate surface area is 25.6 Å². The maximum atomic E-state index is 10.9. The van der Waals surface area contributed by atoms with Gasteiger partial charge < -0.3 is 6.92 Å². The van der Waals surface area contributed by atoms with E-state index in [2.05, 4.69) is 6.92 Å². The van der Waals surface area contributed by atoms with Gasteiger partial charge in [-0.2, -0.15) is 0 Å². The summed E-state index contributed by atoms with van der Waals surface area (Å²) in [5.74, 6) is 0. The summed E-state index contributed by atoms with van der Waals surface area (Å²) in [6.07, 6.45) is -0.917. The van der Waals surface area contributed by atoms with Crippen LogP contribution in [0.1, 0.15) is 6.92 Å². The van der Waals surface area contributed by atoms with E-state index < -0.39 is 6.17 Å². The van der Waals surface area contributed by atoms with Crippen molar-refractivity contribution in [2.75, 3.05) is 0 Å². The van der Waals surface area contributed by atoms with Gasteiger partial charge >= 0.3 is 0 Å². The first-order chi connectivity index (χ1) is 1.73. The number of rotatable bonds is 0. The Bertz CT molecular complexity index is 11.6. The minimum absolute atomic E-state index is 0. The van der Waals surface area contributed by atoms with Crippen LogP contribution in [0.2, 0.25) is 0 Å². The van der Waals surface area contributed by atoms with Gasteiger partial charge in [0.1, 0.15) is 0 Å². The molecular formula is C3H6FRf-. The third-order valence-electron chi connectivity index (χ3n) is 0. The van der Waals surface area contributed by atoms with Crippen LogP contribution in [0.15, 0.2) is 0 Å². The van der Waals surface area contributed by atoms with Gasteiger partial charge in [-0.1, -0.05) is 6.92 Å². The van der Waals surface area contributed by atoms with E-state index in [1.807, 2.05) is 0 Å². The number of alkyl halides is 1. The van der Waals surface area contributed by atoms with Crippen LogP contribution in [0.3, 0.4) is 0 Å². The molecule has 0 aromatic rings. The molecule has 1 atom stereocenters. The normalized spacial score (nSPS) is 12.6. The predicted octanol–water partition coefficient (Wildman–Crippen LogP) is 1.18. The van der Waals surface area contributed by atoms with Gasteiger partial charge in [0.05, 0.1) is 0 Å². The Balaban J connectivity index is 0. The molecule has 0 aliphatic rings. The molecule has 0 fully saturated rings. The van der Waals surface area contributed by atoms with Crippen LogP contribution in [0.25, 0.3) is 0 Å². The van der Waals surface area contributed by atoms with Gasteiger partial charge in [0.2, 0.25) is 0 Å². The molecule has 0 heterocycles. The molecule has 0 nitrogen and oxygen atoms in total. The maximum absolute atomic E-state index is 10.9. The average Bonchev–Trinajstić information content (AvgIpc) is 0.811. The second-order valence-corrected chi connectivity index (χ2v) is 0.781. The SMILES string of the molecule is [CH2-]C(C)F.[Rf]. The van der Waals surface area contributed by atoms with Crippen molar-refractivity contribution in [3.63, 3.8) is 0 Å². The smallest absolute Gasteiger partial charge is 0 e. The van der Waals surface area contributed by atoms with Crippen LogP contribution in [0.4, 0.5) is 4.39 Å². The van der Waals surface area contributed by atoms with Crippen molar-refractivity contribution in [3.05, 3.63) is 6.92 Å². The van der Waals surface area contributed by atoms with Gasteiger partial charge in [0.25, 0.3) is 0 Å². The van der Waals surface area contributed by atoms with Crippen LogP contribution in [0.5, 0.6) is 0 Å². The van der Waals surface area contributed by atoms with E-state index >= 15 is 0 Å². The zero-order valence-electron chi connectivity index (χ0n) is 3.37. The van der Waals surface area contributed by atoms with Gasteiger partial charge in [-0.15, -0.1) is 0 Å². The monoisotopic (exact) mass is 328 g/mol. The molecule has 0 amide bonds. The van der Waals surface area contributed by atoms with Crippen LogP contribution < -0.4 is 0 Å². The second-order valence-electron chi connectivity index (χ2n) is 0.781. The third-order valence-corrected chi connectivity index (χ3v) is 0. The molecule has 0 bridgehead atoms. The fourth-order valence-electron chi connectivity index (χ4n) is 0. The van der Waals surface area contributed by atoms with Gasteiger partial charge in [-0.05, 0) is 6.17 Å². The first kappa shape index (κ1) is 9.06. The van der Waals surface area contributed by atoms with Crippen LogP contribution in [-0.4, -0.2) is 6.17 Å². The Kier molecular flexibility index (Phi) is 5.31. The molecular weight excluding hydrogens is 322 g/mol. The van der Waals surface area contributed by atoms with Crippen molar-refractivity contribution in [3.8, 4) is 0 Å². The van der Waals surface area contributed by atoms with E-state index in [4.69, 9.17) is 0 Å². The Morgan fingerprint density at radius 2 is 1.80 bits per heavy atom. The van der Waals surface area contributed by atoms with E-state index in [1.165, 1.54) is 6.92 Å². The Hall–Kier alpha value is -1.07. The molecule has 2 heteroatoms. The molecule has 0 saturated carbocycles. The molecule has 1 unspecified atom stereocenters. The summed E-state index contributed by atoms with van der Waals surface area (Å²) in [4.78, 5) is 0. The summed E-state index contributed by atoms with van der Waals surface area (Å²) < 4.78 is 10.9. The molecule has 0 aromatic heterocycles. The number of hydrogen-bond donors (Lipinski definition) is 0. The fraction of sp³-hybridized carbons (Fsp3) is 0.667. The van der Waals surface area contributed by atoms with Crippen LogP contribution in [0, 0.1) is 6.92 Å². The van der Waals surface area contributed by atoms with Crippen molar-refractivity contribution in [2.24, 2.45) is 0 Å². The van der Waals surface area contributed by atoms with Gasteiger partial charge in [-0.25, -0.2) is 0 Å². The first-order valence-electron chi connectivity index (χ1n) is 1.20. The minimum Gasteiger partial charge on any atom is -0.310 e. The zero-order chi connectivity index (χ0) is 3.58. The summed E-state index contributed by atoms with van der Waals surface area (Å²) >= 11 is 0. The van der Waals surface area contributed by atoms with Crippen molar-refractivity contribution in [2.45, 2.75) is 13.1 Å². The van der Waals surface area contributed by atoms with Crippen molar-refractivity contribution in [1.29, 1.82) is 0 Å². The van der Waals surface area contributed by atoms with Crippen LogP contribution >= 0.6 is 0 Å². The summed E-state index contributed by atoms with van der Waals surface area (Å²) in [5.41, 5.74) is 0. The number of hydrogen-bond acceptors (Lipinski definition) is 0. The Morgan fingerprint density at radius 3 is 1.80 bits per heavy atom. The summed E-state index contributed by atoms with van der Waals surface area (Å²) in [7, 11) is 0. The summed E-state index contributed by atoms with van der Waals surface area (Å²) in [6.45, 7) is 4.36. The first-order valence-corrected chi connectivity index (χ1v) is 1.20. The van der Waals surface area contributed by atoms with Crippen LogP contribution in [-0.2, 0) is 0 Å². The molecule has 0 saturated heterocycles. The van der Waals surface area contributed by atoms with Gasteiger partial charge in [-0.3, -0.25) is 4.39 Å². The predicted molar refractivity (Wildman–Crippen MR) is 15.9 cm³/mol. The molecule has 28 valence electrons. The van der Waals surface area contributed by atoms with Crippen molar-refractivity contribution >= 4 is 0 Å². The topological polar surface area (TPSA) is 0 Å². The third kappa shape index (κ3) is 2.21. The van der Waals surface area contributed by atoms with Crippen molar-refractivity contribution < 1.29 is 4.39 Å². The largest absolute Gasteiger partial charge is 0.310 e. The molecule has 0 aliphatic carbocycles. The summed E-state index contributed by atoms with van der Waals surface area (Å²) in [5, 5.41) is 0. The number of halogens is 1. The van der Waals surface area contributed by atoms with Gasteiger partial charge in [0.15, 0.2) is 0 Å². The Morgan fingerprint density at radius 1 is 1.80 bits per heavy atom. The second kappa shape index (κ2) is 2.93. The molecule has 0 radical (unpaired) electrons. The molecule has 0 aliphatic heterocycles. The quantitative estimate of drug-likeness (QED) is 0.586. The fourth-order valence-corrected chi connectivity index (χ4v) is 0. The summed E-state index contributed by atoms with van der Waals surface area (Å²) in [6, 6.07) is 0.